The van der Waals surface area contributed by atoms with Gasteiger partial charge in [0.2, 0.25) is 0 Å². The van der Waals surface area contributed by atoms with Gasteiger partial charge in [0.1, 0.15) is 5.75 Å². The van der Waals surface area contributed by atoms with E-state index in [9.17, 15) is 5.11 Å². The highest BCUT2D eigenvalue weighted by Crippen LogP contribution is 2.25. The van der Waals surface area contributed by atoms with Crippen molar-refractivity contribution < 1.29 is 9.84 Å². The summed E-state index contributed by atoms with van der Waals surface area (Å²) in [4.78, 5) is 0. The molecule has 0 aliphatic rings. The van der Waals surface area contributed by atoms with Crippen molar-refractivity contribution >= 4 is 10.8 Å². The third kappa shape index (κ3) is 3.50. The van der Waals surface area contributed by atoms with Crippen LogP contribution in [0.5, 0.6) is 5.75 Å². The third-order valence-electron chi connectivity index (χ3n) is 3.53. The lowest BCUT2D eigenvalue weighted by Crippen LogP contribution is -2.23. The first-order chi connectivity index (χ1) is 9.78. The summed E-state index contributed by atoms with van der Waals surface area (Å²) in [6, 6.07) is 12.7. The van der Waals surface area contributed by atoms with E-state index in [2.05, 4.69) is 36.5 Å². The predicted molar refractivity (Wildman–Crippen MR) is 83.2 cm³/mol. The summed E-state index contributed by atoms with van der Waals surface area (Å²) in [6.07, 6.45) is 1.83. The van der Waals surface area contributed by atoms with Gasteiger partial charge in [0.05, 0.1) is 7.11 Å². The molecule has 0 aliphatic heterocycles. The molecule has 20 heavy (non-hydrogen) atoms. The predicted octanol–water partition coefficient (Wildman–Crippen LogP) is 3.27. The van der Waals surface area contributed by atoms with Crippen LogP contribution in [-0.4, -0.2) is 25.4 Å². The van der Waals surface area contributed by atoms with E-state index in [4.69, 9.17) is 4.74 Å². The van der Waals surface area contributed by atoms with Gasteiger partial charge in [-0.2, -0.15) is 0 Å². The number of aliphatic hydroxyl groups excluding tert-OH is 1. The number of hydrogen-bond acceptors (Lipinski definition) is 3. The monoisotopic (exact) mass is 273 g/mol. The molecule has 0 bridgehead atoms. The van der Waals surface area contributed by atoms with Crippen LogP contribution in [0.1, 0.15) is 31.4 Å². The molecule has 0 aliphatic carbocycles. The minimum absolute atomic E-state index is 0.196. The van der Waals surface area contributed by atoms with E-state index in [1.807, 2.05) is 12.1 Å². The molecular formula is C17H23NO2. The molecule has 1 unspecified atom stereocenters. The highest BCUT2D eigenvalue weighted by molar-refractivity contribution is 5.84. The first-order valence-corrected chi connectivity index (χ1v) is 7.20. The standard InChI is InChI=1S/C17H23NO2/c1-3-9-18-17(8-10-19)15-5-4-14-12-16(20-2)7-6-13(14)11-15/h4-7,11-12,17-19H,3,8-10H2,1-2H3. The summed E-state index contributed by atoms with van der Waals surface area (Å²) in [7, 11) is 1.68. The van der Waals surface area contributed by atoms with Crippen LogP contribution in [0.2, 0.25) is 0 Å². The normalized spacial score (nSPS) is 12.6. The molecule has 3 heteroatoms. The number of methoxy groups -OCH3 is 1. The van der Waals surface area contributed by atoms with Gasteiger partial charge >= 0.3 is 0 Å². The van der Waals surface area contributed by atoms with Gasteiger partial charge in [0, 0.05) is 12.6 Å². The Labute approximate surface area is 120 Å². The van der Waals surface area contributed by atoms with E-state index in [-0.39, 0.29) is 12.6 Å². The van der Waals surface area contributed by atoms with E-state index in [1.165, 1.54) is 16.3 Å². The van der Waals surface area contributed by atoms with Crippen molar-refractivity contribution in [2.75, 3.05) is 20.3 Å². The molecule has 0 amide bonds. The Kier molecular flexibility index (Phi) is 5.39. The fourth-order valence-electron chi connectivity index (χ4n) is 2.42. The molecule has 0 spiro atoms. The average molecular weight is 273 g/mol. The maximum Gasteiger partial charge on any atom is 0.119 e. The summed E-state index contributed by atoms with van der Waals surface area (Å²) in [5.74, 6) is 0.876. The van der Waals surface area contributed by atoms with Crippen LogP contribution in [0.15, 0.2) is 36.4 Å². The molecule has 108 valence electrons. The lowest BCUT2D eigenvalue weighted by Gasteiger charge is -2.18. The van der Waals surface area contributed by atoms with Crippen LogP contribution in [0.3, 0.4) is 0 Å². The smallest absolute Gasteiger partial charge is 0.119 e. The number of hydrogen-bond donors (Lipinski definition) is 2. The Bertz CT molecular complexity index is 554. The Balaban J connectivity index is 2.28. The molecule has 0 saturated heterocycles. The van der Waals surface area contributed by atoms with Crippen LogP contribution < -0.4 is 10.1 Å². The lowest BCUT2D eigenvalue weighted by atomic mass is 9.99. The summed E-state index contributed by atoms with van der Waals surface area (Å²) in [5, 5.41) is 15.1. The lowest BCUT2D eigenvalue weighted by molar-refractivity contribution is 0.265. The molecular weight excluding hydrogens is 250 g/mol. The van der Waals surface area contributed by atoms with Gasteiger partial charge in [-0.25, -0.2) is 0 Å². The van der Waals surface area contributed by atoms with E-state index in [1.54, 1.807) is 7.11 Å². The Morgan fingerprint density at radius 1 is 1.15 bits per heavy atom. The number of aliphatic hydroxyl groups is 1. The van der Waals surface area contributed by atoms with Crippen LogP contribution in [-0.2, 0) is 0 Å². The molecule has 0 heterocycles. The number of benzene rings is 2. The minimum atomic E-state index is 0.196. The zero-order valence-corrected chi connectivity index (χ0v) is 12.2. The number of ether oxygens (including phenoxy) is 1. The van der Waals surface area contributed by atoms with Crippen molar-refractivity contribution in [1.82, 2.24) is 5.32 Å². The van der Waals surface area contributed by atoms with Crippen LogP contribution in [0, 0.1) is 0 Å². The molecule has 2 rings (SSSR count). The van der Waals surface area contributed by atoms with E-state index < -0.39 is 0 Å². The largest absolute Gasteiger partial charge is 0.497 e. The van der Waals surface area contributed by atoms with Crippen LogP contribution in [0.4, 0.5) is 0 Å². The number of fused-ring (bicyclic) bond motifs is 1. The van der Waals surface area contributed by atoms with Gasteiger partial charge in [-0.15, -0.1) is 0 Å². The Morgan fingerprint density at radius 2 is 1.90 bits per heavy atom. The molecule has 0 radical (unpaired) electrons. The molecule has 3 nitrogen and oxygen atoms in total. The second-order valence-corrected chi connectivity index (χ2v) is 4.99. The summed E-state index contributed by atoms with van der Waals surface area (Å²) in [5.41, 5.74) is 1.23. The zero-order valence-electron chi connectivity index (χ0n) is 12.2. The van der Waals surface area contributed by atoms with Gasteiger partial charge in [-0.3, -0.25) is 0 Å². The topological polar surface area (TPSA) is 41.5 Å². The summed E-state index contributed by atoms with van der Waals surface area (Å²) < 4.78 is 5.25. The van der Waals surface area contributed by atoms with Gasteiger partial charge in [0.15, 0.2) is 0 Å². The van der Waals surface area contributed by atoms with Crippen molar-refractivity contribution in [2.24, 2.45) is 0 Å². The fraction of sp³-hybridized carbons (Fsp3) is 0.412. The van der Waals surface area contributed by atoms with Crippen LogP contribution in [0.25, 0.3) is 10.8 Å². The maximum atomic E-state index is 9.22. The van der Waals surface area contributed by atoms with Crippen molar-refractivity contribution in [1.29, 1.82) is 0 Å². The second-order valence-electron chi connectivity index (χ2n) is 4.99. The molecule has 2 aromatic carbocycles. The van der Waals surface area contributed by atoms with E-state index in [0.29, 0.717) is 0 Å². The van der Waals surface area contributed by atoms with Crippen molar-refractivity contribution in [3.8, 4) is 5.75 Å². The summed E-state index contributed by atoms with van der Waals surface area (Å²) >= 11 is 0. The molecule has 0 aromatic heterocycles. The van der Waals surface area contributed by atoms with Gasteiger partial charge in [0.25, 0.3) is 0 Å². The molecule has 0 fully saturated rings. The van der Waals surface area contributed by atoms with Crippen molar-refractivity contribution in [3.05, 3.63) is 42.0 Å². The highest BCUT2D eigenvalue weighted by Gasteiger charge is 2.10. The summed E-state index contributed by atoms with van der Waals surface area (Å²) in [6.45, 7) is 3.31. The number of rotatable bonds is 7. The van der Waals surface area contributed by atoms with E-state index >= 15 is 0 Å². The SMILES string of the molecule is CCCNC(CCO)c1ccc2cc(OC)ccc2c1. The zero-order chi connectivity index (χ0) is 14.4. The van der Waals surface area contributed by atoms with Crippen molar-refractivity contribution in [2.45, 2.75) is 25.8 Å². The third-order valence-corrected chi connectivity index (χ3v) is 3.53. The number of nitrogens with one attached hydrogen (secondary N) is 1. The van der Waals surface area contributed by atoms with Gasteiger partial charge in [-0.05, 0) is 53.9 Å². The Morgan fingerprint density at radius 3 is 2.60 bits per heavy atom. The first-order valence-electron chi connectivity index (χ1n) is 7.20. The van der Waals surface area contributed by atoms with Crippen LogP contribution >= 0.6 is 0 Å². The second kappa shape index (κ2) is 7.27. The van der Waals surface area contributed by atoms with Gasteiger partial charge in [-0.1, -0.05) is 25.1 Å². The quantitative estimate of drug-likeness (QED) is 0.813. The average Bonchev–Trinajstić information content (AvgIpc) is 2.50. The fourth-order valence-corrected chi connectivity index (χ4v) is 2.42. The highest BCUT2D eigenvalue weighted by atomic mass is 16.5. The minimum Gasteiger partial charge on any atom is -0.497 e. The van der Waals surface area contributed by atoms with E-state index in [0.717, 1.165) is 25.1 Å². The van der Waals surface area contributed by atoms with Gasteiger partial charge < -0.3 is 15.2 Å². The maximum absolute atomic E-state index is 9.22. The first kappa shape index (κ1) is 14.8. The Hall–Kier alpha value is -1.58. The molecule has 2 aromatic rings. The molecule has 0 saturated carbocycles. The van der Waals surface area contributed by atoms with Crippen molar-refractivity contribution in [3.63, 3.8) is 0 Å². The molecule has 2 N–H and O–H groups in total. The molecule has 1 atom stereocenters.